The maximum atomic E-state index is 11.1. The fourth-order valence-corrected chi connectivity index (χ4v) is 0.732. The van der Waals surface area contributed by atoms with E-state index >= 15 is 0 Å². The molecular formula is C8H15NO2. The molecule has 0 aliphatic rings. The van der Waals surface area contributed by atoms with Crippen LogP contribution in [0, 0.1) is 5.92 Å². The molecule has 0 rings (SSSR count). The first-order chi connectivity index (χ1) is 4.99. The summed E-state index contributed by atoms with van der Waals surface area (Å²) in [6, 6.07) is 0. The number of methoxy groups -OCH3 is 1. The van der Waals surface area contributed by atoms with Crippen molar-refractivity contribution in [1.29, 1.82) is 0 Å². The van der Waals surface area contributed by atoms with Crippen LogP contribution in [0.1, 0.15) is 13.8 Å². The van der Waals surface area contributed by atoms with E-state index in [1.165, 1.54) is 13.2 Å². The number of nitrogens with two attached hydrogens (primary N) is 1. The number of rotatable bonds is 3. The number of esters is 1. The van der Waals surface area contributed by atoms with Crippen molar-refractivity contribution in [2.45, 2.75) is 19.4 Å². The lowest BCUT2D eigenvalue weighted by molar-refractivity contribution is -0.146. The number of hydrogen-bond donors (Lipinski definition) is 1. The van der Waals surface area contributed by atoms with Crippen molar-refractivity contribution < 1.29 is 9.53 Å². The molecule has 2 N–H and O–H groups in total. The van der Waals surface area contributed by atoms with Gasteiger partial charge in [-0.15, -0.1) is 6.58 Å². The van der Waals surface area contributed by atoms with Crippen LogP contribution in [0.4, 0.5) is 0 Å². The lowest BCUT2D eigenvalue weighted by Gasteiger charge is -2.26. The Bertz CT molecular complexity index is 165. The van der Waals surface area contributed by atoms with Crippen LogP contribution < -0.4 is 5.73 Å². The monoisotopic (exact) mass is 157 g/mol. The lowest BCUT2D eigenvalue weighted by Crippen LogP contribution is -2.51. The standard InChI is InChI=1S/C8H15NO2/c1-5-8(9,6(2)3)7(10)11-4/h5-6H,1,9H2,2-4H3/t8-/m0/s1. The molecule has 0 aromatic heterocycles. The van der Waals surface area contributed by atoms with E-state index in [0.717, 1.165) is 0 Å². The fourth-order valence-electron chi connectivity index (χ4n) is 0.732. The van der Waals surface area contributed by atoms with Gasteiger partial charge in [0.25, 0.3) is 0 Å². The van der Waals surface area contributed by atoms with Gasteiger partial charge in [0.15, 0.2) is 0 Å². The zero-order valence-electron chi connectivity index (χ0n) is 7.26. The highest BCUT2D eigenvalue weighted by Crippen LogP contribution is 2.16. The van der Waals surface area contributed by atoms with Gasteiger partial charge in [-0.1, -0.05) is 19.9 Å². The molecule has 0 saturated carbocycles. The third-order valence-corrected chi connectivity index (χ3v) is 1.83. The van der Waals surface area contributed by atoms with E-state index in [2.05, 4.69) is 11.3 Å². The molecule has 0 heterocycles. The summed E-state index contributed by atoms with van der Waals surface area (Å²) in [6.45, 7) is 7.19. The summed E-state index contributed by atoms with van der Waals surface area (Å²) in [4.78, 5) is 11.1. The first-order valence-electron chi connectivity index (χ1n) is 3.50. The van der Waals surface area contributed by atoms with E-state index in [1.54, 1.807) is 0 Å². The molecule has 0 aromatic carbocycles. The van der Waals surface area contributed by atoms with Gasteiger partial charge in [0, 0.05) is 0 Å². The molecule has 0 aromatic rings. The second-order valence-electron chi connectivity index (χ2n) is 2.78. The Hall–Kier alpha value is -0.830. The van der Waals surface area contributed by atoms with Gasteiger partial charge < -0.3 is 10.5 Å². The normalized spacial score (nSPS) is 15.7. The smallest absolute Gasteiger partial charge is 0.330 e. The van der Waals surface area contributed by atoms with E-state index in [9.17, 15) is 4.79 Å². The van der Waals surface area contributed by atoms with Gasteiger partial charge in [0.1, 0.15) is 5.54 Å². The highest BCUT2D eigenvalue weighted by Gasteiger charge is 2.35. The van der Waals surface area contributed by atoms with Crippen molar-refractivity contribution in [3.63, 3.8) is 0 Å². The van der Waals surface area contributed by atoms with Crippen LogP contribution in [-0.2, 0) is 9.53 Å². The average molecular weight is 157 g/mol. The number of carbonyl (C=O) groups excluding carboxylic acids is 1. The van der Waals surface area contributed by atoms with Crippen molar-refractivity contribution in [3.8, 4) is 0 Å². The van der Waals surface area contributed by atoms with Gasteiger partial charge in [-0.25, -0.2) is 4.79 Å². The molecule has 11 heavy (non-hydrogen) atoms. The largest absolute Gasteiger partial charge is 0.467 e. The minimum absolute atomic E-state index is 0.00699. The maximum Gasteiger partial charge on any atom is 0.330 e. The van der Waals surface area contributed by atoms with Crippen LogP contribution in [0.15, 0.2) is 12.7 Å². The molecule has 0 unspecified atom stereocenters. The molecular weight excluding hydrogens is 142 g/mol. The number of carbonyl (C=O) groups is 1. The number of ether oxygens (including phenoxy) is 1. The highest BCUT2D eigenvalue weighted by molar-refractivity contribution is 5.83. The minimum atomic E-state index is -1.05. The molecule has 3 nitrogen and oxygen atoms in total. The summed E-state index contributed by atoms with van der Waals surface area (Å²) in [5.41, 5.74) is 4.65. The first kappa shape index (κ1) is 10.2. The van der Waals surface area contributed by atoms with Crippen molar-refractivity contribution in [2.24, 2.45) is 11.7 Å². The Labute approximate surface area is 67.2 Å². The molecule has 0 fully saturated rings. The summed E-state index contributed by atoms with van der Waals surface area (Å²) in [5, 5.41) is 0. The molecule has 1 atom stereocenters. The SMILES string of the molecule is C=C[C@@](N)(C(=O)OC)C(C)C. The van der Waals surface area contributed by atoms with Gasteiger partial charge in [-0.05, 0) is 5.92 Å². The third-order valence-electron chi connectivity index (χ3n) is 1.83. The Morgan fingerprint density at radius 3 is 2.27 bits per heavy atom. The van der Waals surface area contributed by atoms with Crippen LogP contribution >= 0.6 is 0 Å². The molecule has 0 amide bonds. The first-order valence-corrected chi connectivity index (χ1v) is 3.50. The fraction of sp³-hybridized carbons (Fsp3) is 0.625. The number of hydrogen-bond acceptors (Lipinski definition) is 3. The molecule has 0 saturated heterocycles. The van der Waals surface area contributed by atoms with E-state index in [-0.39, 0.29) is 5.92 Å². The summed E-state index contributed by atoms with van der Waals surface area (Å²) in [7, 11) is 1.32. The second kappa shape index (κ2) is 3.53. The van der Waals surface area contributed by atoms with Gasteiger partial charge in [0.05, 0.1) is 7.11 Å². The van der Waals surface area contributed by atoms with Crippen molar-refractivity contribution in [1.82, 2.24) is 0 Å². The summed E-state index contributed by atoms with van der Waals surface area (Å²) in [5.74, 6) is -0.449. The van der Waals surface area contributed by atoms with Crippen molar-refractivity contribution >= 4 is 5.97 Å². The Balaban J connectivity index is 4.59. The lowest BCUT2D eigenvalue weighted by atomic mass is 9.88. The van der Waals surface area contributed by atoms with Gasteiger partial charge in [-0.3, -0.25) is 0 Å². The summed E-state index contributed by atoms with van der Waals surface area (Å²) in [6.07, 6.45) is 1.42. The highest BCUT2D eigenvalue weighted by atomic mass is 16.5. The predicted molar refractivity (Wildman–Crippen MR) is 44.0 cm³/mol. The predicted octanol–water partition coefficient (Wildman–Crippen LogP) is 0.699. The summed E-state index contributed by atoms with van der Waals surface area (Å²) < 4.78 is 4.53. The second-order valence-corrected chi connectivity index (χ2v) is 2.78. The maximum absolute atomic E-state index is 11.1. The Morgan fingerprint density at radius 2 is 2.18 bits per heavy atom. The molecule has 0 radical (unpaired) electrons. The van der Waals surface area contributed by atoms with Crippen molar-refractivity contribution in [3.05, 3.63) is 12.7 Å². The van der Waals surface area contributed by atoms with Crippen LogP contribution in [0.25, 0.3) is 0 Å². The van der Waals surface area contributed by atoms with Gasteiger partial charge in [0.2, 0.25) is 0 Å². The Morgan fingerprint density at radius 1 is 1.73 bits per heavy atom. The van der Waals surface area contributed by atoms with Crippen LogP contribution in [-0.4, -0.2) is 18.6 Å². The molecule has 0 aliphatic carbocycles. The van der Waals surface area contributed by atoms with Crippen molar-refractivity contribution in [2.75, 3.05) is 7.11 Å². The van der Waals surface area contributed by atoms with Gasteiger partial charge >= 0.3 is 5.97 Å². The van der Waals surface area contributed by atoms with E-state index in [1.807, 2.05) is 13.8 Å². The molecule has 0 aliphatic heterocycles. The van der Waals surface area contributed by atoms with E-state index in [4.69, 9.17) is 5.73 Å². The van der Waals surface area contributed by atoms with Crippen LogP contribution in [0.3, 0.4) is 0 Å². The van der Waals surface area contributed by atoms with Gasteiger partial charge in [-0.2, -0.15) is 0 Å². The topological polar surface area (TPSA) is 52.3 Å². The van der Waals surface area contributed by atoms with E-state index in [0.29, 0.717) is 0 Å². The summed E-state index contributed by atoms with van der Waals surface area (Å²) >= 11 is 0. The van der Waals surface area contributed by atoms with Crippen LogP contribution in [0.5, 0.6) is 0 Å². The van der Waals surface area contributed by atoms with Crippen LogP contribution in [0.2, 0.25) is 0 Å². The zero-order valence-corrected chi connectivity index (χ0v) is 7.26. The third kappa shape index (κ3) is 1.80. The molecule has 0 bridgehead atoms. The Kier molecular flexibility index (Phi) is 3.26. The molecule has 64 valence electrons. The molecule has 0 spiro atoms. The molecule has 3 heteroatoms. The minimum Gasteiger partial charge on any atom is -0.467 e. The average Bonchev–Trinajstić information content (AvgIpc) is 2.01. The quantitative estimate of drug-likeness (QED) is 0.484. The van der Waals surface area contributed by atoms with E-state index < -0.39 is 11.5 Å². The zero-order chi connectivity index (χ0) is 9.07.